The number of rotatable bonds is 3. The summed E-state index contributed by atoms with van der Waals surface area (Å²) in [5.74, 6) is 0.369. The molecule has 26 heavy (non-hydrogen) atoms. The maximum Gasteiger partial charge on any atom is 0.227 e. The standard InChI is InChI=1S/C19H21FN6/c20-16-10-23-18(26-5-3-19(4-6-26)11-22-12-19)25-17(16)24-15-2-1-13-8-21-9-14(13)7-15/h1-2,7,9-10,22H,3-6,8,11-12H2,(H,23,24,25). The molecular weight excluding hydrogens is 331 g/mol. The molecule has 0 atom stereocenters. The molecule has 2 saturated heterocycles. The van der Waals surface area contributed by atoms with E-state index < -0.39 is 5.82 Å². The van der Waals surface area contributed by atoms with E-state index in [0.717, 1.165) is 50.3 Å². The smallest absolute Gasteiger partial charge is 0.227 e. The maximum atomic E-state index is 14.2. The van der Waals surface area contributed by atoms with E-state index in [1.807, 2.05) is 24.4 Å². The van der Waals surface area contributed by atoms with E-state index >= 15 is 0 Å². The van der Waals surface area contributed by atoms with Crippen LogP contribution in [-0.4, -0.2) is 42.4 Å². The van der Waals surface area contributed by atoms with Crippen molar-refractivity contribution in [1.29, 1.82) is 0 Å². The summed E-state index contributed by atoms with van der Waals surface area (Å²) in [5, 5.41) is 6.46. The molecule has 3 aliphatic rings. The van der Waals surface area contributed by atoms with Crippen molar-refractivity contribution < 1.29 is 4.39 Å². The van der Waals surface area contributed by atoms with Crippen molar-refractivity contribution >= 4 is 23.7 Å². The fraction of sp³-hybridized carbons (Fsp3) is 0.421. The lowest BCUT2D eigenvalue weighted by atomic mass is 9.73. The normalized spacial score (nSPS) is 20.1. The van der Waals surface area contributed by atoms with Crippen LogP contribution in [0.5, 0.6) is 0 Å². The predicted octanol–water partition coefficient (Wildman–Crippen LogP) is 2.48. The van der Waals surface area contributed by atoms with Gasteiger partial charge >= 0.3 is 0 Å². The van der Waals surface area contributed by atoms with Gasteiger partial charge in [-0.15, -0.1) is 0 Å². The summed E-state index contributed by atoms with van der Waals surface area (Å²) in [6, 6.07) is 5.92. The van der Waals surface area contributed by atoms with Gasteiger partial charge < -0.3 is 15.5 Å². The zero-order valence-electron chi connectivity index (χ0n) is 14.5. The first kappa shape index (κ1) is 15.7. The second kappa shape index (κ2) is 6.02. The van der Waals surface area contributed by atoms with Gasteiger partial charge in [0.05, 0.1) is 12.7 Å². The Morgan fingerprint density at radius 1 is 1.19 bits per heavy atom. The number of halogens is 1. The Labute approximate surface area is 151 Å². The van der Waals surface area contributed by atoms with Gasteiger partial charge in [0, 0.05) is 38.1 Å². The van der Waals surface area contributed by atoms with Crippen LogP contribution in [-0.2, 0) is 6.54 Å². The van der Waals surface area contributed by atoms with E-state index in [1.165, 1.54) is 11.8 Å². The molecule has 0 amide bonds. The lowest BCUT2D eigenvalue weighted by Gasteiger charge is -2.48. The second-order valence-electron chi connectivity index (χ2n) is 7.47. The zero-order valence-corrected chi connectivity index (χ0v) is 14.5. The topological polar surface area (TPSA) is 65.4 Å². The third-order valence-electron chi connectivity index (χ3n) is 5.74. The fourth-order valence-corrected chi connectivity index (χ4v) is 3.93. The van der Waals surface area contributed by atoms with E-state index in [4.69, 9.17) is 0 Å². The van der Waals surface area contributed by atoms with E-state index in [2.05, 4.69) is 30.5 Å². The number of hydrogen-bond donors (Lipinski definition) is 2. The van der Waals surface area contributed by atoms with E-state index in [0.29, 0.717) is 17.9 Å². The van der Waals surface area contributed by atoms with Crippen LogP contribution in [0.25, 0.3) is 0 Å². The number of aromatic nitrogens is 2. The van der Waals surface area contributed by atoms with Crippen LogP contribution in [0.1, 0.15) is 24.0 Å². The van der Waals surface area contributed by atoms with E-state index in [-0.39, 0.29) is 5.82 Å². The largest absolute Gasteiger partial charge is 0.341 e. The van der Waals surface area contributed by atoms with Gasteiger partial charge in [-0.05, 0) is 41.5 Å². The first-order valence-corrected chi connectivity index (χ1v) is 9.09. The first-order valence-electron chi connectivity index (χ1n) is 9.09. The minimum Gasteiger partial charge on any atom is -0.341 e. The summed E-state index contributed by atoms with van der Waals surface area (Å²) in [6.45, 7) is 4.77. The molecule has 1 aromatic heterocycles. The molecule has 4 heterocycles. The number of nitrogens with one attached hydrogen (secondary N) is 2. The van der Waals surface area contributed by atoms with Crippen molar-refractivity contribution in [3.63, 3.8) is 0 Å². The van der Waals surface area contributed by atoms with Gasteiger partial charge in [-0.2, -0.15) is 4.98 Å². The average molecular weight is 352 g/mol. The van der Waals surface area contributed by atoms with Crippen LogP contribution >= 0.6 is 0 Å². The number of nitrogens with zero attached hydrogens (tertiary/aromatic N) is 4. The van der Waals surface area contributed by atoms with Gasteiger partial charge in [0.25, 0.3) is 0 Å². The van der Waals surface area contributed by atoms with Crippen LogP contribution < -0.4 is 15.5 Å². The Hall–Kier alpha value is -2.54. The van der Waals surface area contributed by atoms with Crippen molar-refractivity contribution in [3.05, 3.63) is 41.3 Å². The van der Waals surface area contributed by atoms with E-state index in [1.54, 1.807) is 0 Å². The van der Waals surface area contributed by atoms with E-state index in [9.17, 15) is 4.39 Å². The van der Waals surface area contributed by atoms with Crippen LogP contribution in [0.2, 0.25) is 0 Å². The molecule has 6 nitrogen and oxygen atoms in total. The quantitative estimate of drug-likeness (QED) is 0.888. The molecule has 0 bridgehead atoms. The van der Waals surface area contributed by atoms with Gasteiger partial charge in [-0.1, -0.05) is 6.07 Å². The third kappa shape index (κ3) is 2.72. The maximum absolute atomic E-state index is 14.2. The highest BCUT2D eigenvalue weighted by atomic mass is 19.1. The molecule has 7 heteroatoms. The van der Waals surface area contributed by atoms with Gasteiger partial charge in [0.2, 0.25) is 5.95 Å². The number of anilines is 3. The lowest BCUT2D eigenvalue weighted by molar-refractivity contribution is 0.126. The van der Waals surface area contributed by atoms with Gasteiger partial charge in [0.15, 0.2) is 11.6 Å². The summed E-state index contributed by atoms with van der Waals surface area (Å²) in [5.41, 5.74) is 3.52. The molecular formula is C19H21FN6. The average Bonchev–Trinajstić information content (AvgIpc) is 3.10. The summed E-state index contributed by atoms with van der Waals surface area (Å²) in [4.78, 5) is 15.1. The van der Waals surface area contributed by atoms with Gasteiger partial charge in [-0.3, -0.25) is 4.99 Å². The van der Waals surface area contributed by atoms with Crippen LogP contribution in [0.4, 0.5) is 21.8 Å². The van der Waals surface area contributed by atoms with Crippen LogP contribution in [0, 0.1) is 11.2 Å². The monoisotopic (exact) mass is 352 g/mol. The third-order valence-corrected chi connectivity index (χ3v) is 5.74. The molecule has 0 saturated carbocycles. The highest BCUT2D eigenvalue weighted by Gasteiger charge is 2.40. The lowest BCUT2D eigenvalue weighted by Crippen LogP contribution is -2.58. The van der Waals surface area contributed by atoms with Crippen molar-refractivity contribution in [2.75, 3.05) is 36.4 Å². The van der Waals surface area contributed by atoms with Gasteiger partial charge in [-0.25, -0.2) is 9.37 Å². The highest BCUT2D eigenvalue weighted by molar-refractivity contribution is 5.86. The molecule has 2 fully saturated rings. The number of hydrogen-bond acceptors (Lipinski definition) is 6. The molecule has 134 valence electrons. The molecule has 0 unspecified atom stereocenters. The Morgan fingerprint density at radius 2 is 2.04 bits per heavy atom. The summed E-state index contributed by atoms with van der Waals surface area (Å²) >= 11 is 0. The Kier molecular flexibility index (Phi) is 3.63. The second-order valence-corrected chi connectivity index (χ2v) is 7.47. The minimum atomic E-state index is -0.445. The SMILES string of the molecule is Fc1cnc(N2CCC3(CC2)CNC3)nc1Nc1ccc2c(c1)C=NC2. The molecule has 0 radical (unpaired) electrons. The molecule has 5 rings (SSSR count). The summed E-state index contributed by atoms with van der Waals surface area (Å²) < 4.78 is 14.2. The molecule has 1 spiro atoms. The van der Waals surface area contributed by atoms with Gasteiger partial charge in [0.1, 0.15) is 0 Å². The predicted molar refractivity (Wildman–Crippen MR) is 99.8 cm³/mol. The zero-order chi connectivity index (χ0) is 17.6. The summed E-state index contributed by atoms with van der Waals surface area (Å²) in [7, 11) is 0. The number of fused-ring (bicyclic) bond motifs is 1. The van der Waals surface area contributed by atoms with Crippen molar-refractivity contribution in [1.82, 2.24) is 15.3 Å². The number of benzene rings is 1. The number of aliphatic imine (C=N–C) groups is 1. The highest BCUT2D eigenvalue weighted by Crippen LogP contribution is 2.36. The van der Waals surface area contributed by atoms with Crippen LogP contribution in [0.15, 0.2) is 29.4 Å². The minimum absolute atomic E-state index is 0.218. The first-order chi connectivity index (χ1) is 12.7. The summed E-state index contributed by atoms with van der Waals surface area (Å²) in [6.07, 6.45) is 5.37. The Balaban J connectivity index is 1.34. The van der Waals surface area contributed by atoms with Crippen molar-refractivity contribution in [3.8, 4) is 0 Å². The number of piperidine rings is 1. The molecule has 3 aliphatic heterocycles. The Morgan fingerprint density at radius 3 is 2.81 bits per heavy atom. The van der Waals surface area contributed by atoms with Crippen LogP contribution in [0.3, 0.4) is 0 Å². The fourth-order valence-electron chi connectivity index (χ4n) is 3.93. The molecule has 2 N–H and O–H groups in total. The molecule has 2 aromatic rings. The Bertz CT molecular complexity index is 866. The van der Waals surface area contributed by atoms with Crippen molar-refractivity contribution in [2.24, 2.45) is 10.4 Å². The molecule has 1 aromatic carbocycles. The van der Waals surface area contributed by atoms with Crippen molar-refractivity contribution in [2.45, 2.75) is 19.4 Å². The molecule has 0 aliphatic carbocycles.